The zero-order valence-electron chi connectivity index (χ0n) is 9.30. The van der Waals surface area contributed by atoms with Gasteiger partial charge >= 0.3 is 5.97 Å². The molecule has 0 atom stereocenters. The van der Waals surface area contributed by atoms with Gasteiger partial charge in [-0.2, -0.15) is 5.26 Å². The zero-order chi connectivity index (χ0) is 13.1. The first-order valence-corrected chi connectivity index (χ1v) is 5.19. The van der Waals surface area contributed by atoms with Gasteiger partial charge in [-0.15, -0.1) is 0 Å². The van der Waals surface area contributed by atoms with E-state index in [1.165, 1.54) is 28.8 Å². The van der Waals surface area contributed by atoms with Crippen molar-refractivity contribution in [2.75, 3.05) is 0 Å². The normalized spacial score (nSPS) is 10.0. The summed E-state index contributed by atoms with van der Waals surface area (Å²) < 4.78 is 14.7. The number of nitriles is 1. The first kappa shape index (κ1) is 11.9. The lowest BCUT2D eigenvalue weighted by Gasteiger charge is -2.07. The van der Waals surface area contributed by atoms with Gasteiger partial charge in [0.05, 0.1) is 5.56 Å². The molecule has 0 spiro atoms. The Bertz CT molecular complexity index is 641. The van der Waals surface area contributed by atoms with Crippen molar-refractivity contribution in [2.24, 2.45) is 0 Å². The number of benzene rings is 1. The van der Waals surface area contributed by atoms with Gasteiger partial charge in [-0.1, -0.05) is 6.07 Å². The summed E-state index contributed by atoms with van der Waals surface area (Å²) in [5, 5.41) is 17.7. The molecule has 5 heteroatoms. The molecule has 2 rings (SSSR count). The van der Waals surface area contributed by atoms with E-state index in [9.17, 15) is 9.18 Å². The molecule has 0 aliphatic carbocycles. The van der Waals surface area contributed by atoms with Crippen LogP contribution < -0.4 is 0 Å². The number of carboxylic acid groups (broad SMARTS) is 1. The molecule has 1 N–H and O–H groups in total. The Labute approximate surface area is 103 Å². The Kier molecular flexibility index (Phi) is 3.11. The van der Waals surface area contributed by atoms with Crippen molar-refractivity contribution in [1.82, 2.24) is 4.57 Å². The second kappa shape index (κ2) is 4.72. The number of hydrogen-bond acceptors (Lipinski definition) is 2. The lowest BCUT2D eigenvalue weighted by Crippen LogP contribution is -2.08. The third kappa shape index (κ3) is 2.23. The second-order valence-electron chi connectivity index (χ2n) is 3.75. The van der Waals surface area contributed by atoms with Crippen LogP contribution in [0.4, 0.5) is 4.39 Å². The Morgan fingerprint density at radius 1 is 1.44 bits per heavy atom. The van der Waals surface area contributed by atoms with Gasteiger partial charge in [-0.3, -0.25) is 0 Å². The molecule has 0 fully saturated rings. The summed E-state index contributed by atoms with van der Waals surface area (Å²) >= 11 is 0. The summed E-state index contributed by atoms with van der Waals surface area (Å²) in [6, 6.07) is 9.01. The van der Waals surface area contributed by atoms with Crippen molar-refractivity contribution in [3.05, 3.63) is 59.2 Å². The van der Waals surface area contributed by atoms with Crippen molar-refractivity contribution in [2.45, 2.75) is 6.54 Å². The van der Waals surface area contributed by atoms with Gasteiger partial charge < -0.3 is 9.67 Å². The van der Waals surface area contributed by atoms with Crippen LogP contribution in [0.3, 0.4) is 0 Å². The molecule has 18 heavy (non-hydrogen) atoms. The van der Waals surface area contributed by atoms with E-state index in [2.05, 4.69) is 0 Å². The summed E-state index contributed by atoms with van der Waals surface area (Å²) in [5.41, 5.74) is 0.779. The molecule has 1 aromatic heterocycles. The number of rotatable bonds is 3. The van der Waals surface area contributed by atoms with E-state index in [0.29, 0.717) is 5.56 Å². The number of aromatic carboxylic acids is 1. The minimum Gasteiger partial charge on any atom is -0.477 e. The maximum Gasteiger partial charge on any atom is 0.352 e. The average Bonchev–Trinajstić information content (AvgIpc) is 2.80. The topological polar surface area (TPSA) is 66.0 Å². The van der Waals surface area contributed by atoms with Crippen molar-refractivity contribution in [3.8, 4) is 6.07 Å². The van der Waals surface area contributed by atoms with Gasteiger partial charge in [-0.25, -0.2) is 9.18 Å². The first-order chi connectivity index (χ1) is 8.61. The van der Waals surface area contributed by atoms with Crippen molar-refractivity contribution < 1.29 is 14.3 Å². The Hall–Kier alpha value is -2.61. The minimum atomic E-state index is -1.03. The molecule has 90 valence electrons. The van der Waals surface area contributed by atoms with E-state index < -0.39 is 11.8 Å². The van der Waals surface area contributed by atoms with Gasteiger partial charge in [0.25, 0.3) is 0 Å². The molecule has 4 nitrogen and oxygen atoms in total. The molecular formula is C13H9FN2O2. The summed E-state index contributed by atoms with van der Waals surface area (Å²) in [7, 11) is 0. The largest absolute Gasteiger partial charge is 0.477 e. The van der Waals surface area contributed by atoms with Crippen LogP contribution in [0.1, 0.15) is 21.6 Å². The van der Waals surface area contributed by atoms with Crippen molar-refractivity contribution in [1.29, 1.82) is 5.26 Å². The molecule has 0 saturated heterocycles. The summed E-state index contributed by atoms with van der Waals surface area (Å²) in [5.74, 6) is -1.60. The summed E-state index contributed by atoms with van der Waals surface area (Å²) in [4.78, 5) is 10.9. The average molecular weight is 244 g/mol. The molecule has 0 radical (unpaired) electrons. The Balaban J connectivity index is 2.32. The van der Waals surface area contributed by atoms with Crippen LogP contribution in [0.5, 0.6) is 0 Å². The molecule has 0 aliphatic rings. The standard InChI is InChI=1S/C13H9FN2O2/c14-11-4-3-9(6-10(11)7-15)8-16-5-1-2-12(16)13(17)18/h1-6H,8H2,(H,17,18). The predicted octanol–water partition coefficient (Wildman–Crippen LogP) is 2.25. The van der Waals surface area contributed by atoms with Gasteiger partial charge in [0.2, 0.25) is 0 Å². The highest BCUT2D eigenvalue weighted by Crippen LogP contribution is 2.12. The zero-order valence-corrected chi connectivity index (χ0v) is 9.30. The number of aromatic nitrogens is 1. The fourth-order valence-corrected chi connectivity index (χ4v) is 1.70. The van der Waals surface area contributed by atoms with E-state index in [0.717, 1.165) is 0 Å². The van der Waals surface area contributed by atoms with Gasteiger partial charge in [0.15, 0.2) is 0 Å². The minimum absolute atomic E-state index is 0.0449. The quantitative estimate of drug-likeness (QED) is 0.900. The molecule has 1 aromatic carbocycles. The third-order valence-corrected chi connectivity index (χ3v) is 2.55. The van der Waals surface area contributed by atoms with Gasteiger partial charge in [0, 0.05) is 12.7 Å². The molecule has 0 bridgehead atoms. The highest BCUT2D eigenvalue weighted by Gasteiger charge is 2.09. The smallest absolute Gasteiger partial charge is 0.352 e. The van der Waals surface area contributed by atoms with Crippen LogP contribution in [-0.2, 0) is 6.54 Å². The molecule has 2 aromatic rings. The van der Waals surface area contributed by atoms with E-state index in [1.54, 1.807) is 18.3 Å². The fourth-order valence-electron chi connectivity index (χ4n) is 1.70. The Morgan fingerprint density at radius 3 is 2.89 bits per heavy atom. The maximum absolute atomic E-state index is 13.1. The van der Waals surface area contributed by atoms with E-state index in [1.807, 2.05) is 0 Å². The molecule has 1 heterocycles. The molecular weight excluding hydrogens is 235 g/mol. The van der Waals surface area contributed by atoms with Crippen LogP contribution in [0.15, 0.2) is 36.5 Å². The molecule has 0 aliphatic heterocycles. The first-order valence-electron chi connectivity index (χ1n) is 5.19. The number of hydrogen-bond donors (Lipinski definition) is 1. The van der Waals surface area contributed by atoms with Crippen LogP contribution in [0.25, 0.3) is 0 Å². The maximum atomic E-state index is 13.1. The second-order valence-corrected chi connectivity index (χ2v) is 3.75. The number of carbonyl (C=O) groups is 1. The van der Waals surface area contributed by atoms with Crippen molar-refractivity contribution in [3.63, 3.8) is 0 Å². The van der Waals surface area contributed by atoms with Crippen LogP contribution in [-0.4, -0.2) is 15.6 Å². The van der Waals surface area contributed by atoms with E-state index in [-0.39, 0.29) is 17.8 Å². The lowest BCUT2D eigenvalue weighted by molar-refractivity contribution is 0.0685. The number of halogens is 1. The Morgan fingerprint density at radius 2 is 2.22 bits per heavy atom. The monoisotopic (exact) mass is 244 g/mol. The van der Waals surface area contributed by atoms with E-state index in [4.69, 9.17) is 10.4 Å². The highest BCUT2D eigenvalue weighted by atomic mass is 19.1. The fraction of sp³-hybridized carbons (Fsp3) is 0.0769. The van der Waals surface area contributed by atoms with Crippen LogP contribution in [0.2, 0.25) is 0 Å². The van der Waals surface area contributed by atoms with Crippen molar-refractivity contribution >= 4 is 5.97 Å². The SMILES string of the molecule is N#Cc1cc(Cn2cccc2C(=O)O)ccc1F. The molecule has 0 saturated carbocycles. The highest BCUT2D eigenvalue weighted by molar-refractivity contribution is 5.85. The third-order valence-electron chi connectivity index (χ3n) is 2.55. The number of carboxylic acids is 1. The summed E-state index contributed by atoms with van der Waals surface area (Å²) in [6.45, 7) is 0.281. The predicted molar refractivity (Wildman–Crippen MR) is 61.6 cm³/mol. The van der Waals surface area contributed by atoms with Crippen LogP contribution in [0, 0.1) is 17.1 Å². The van der Waals surface area contributed by atoms with Gasteiger partial charge in [-0.05, 0) is 29.8 Å². The summed E-state index contributed by atoms with van der Waals surface area (Å²) in [6.07, 6.45) is 1.62. The van der Waals surface area contributed by atoms with Crippen LogP contribution >= 0.6 is 0 Å². The number of nitrogens with zero attached hydrogens (tertiary/aromatic N) is 2. The van der Waals surface area contributed by atoms with Gasteiger partial charge in [0.1, 0.15) is 17.6 Å². The molecule has 0 amide bonds. The molecule has 0 unspecified atom stereocenters. The van der Waals surface area contributed by atoms with E-state index >= 15 is 0 Å². The lowest BCUT2D eigenvalue weighted by atomic mass is 10.1.